The summed E-state index contributed by atoms with van der Waals surface area (Å²) < 4.78 is 13.1. The van der Waals surface area contributed by atoms with Crippen LogP contribution in [0.15, 0.2) is 148 Å². The molecule has 0 saturated heterocycles. The molecule has 1 aliphatic rings. The van der Waals surface area contributed by atoms with Crippen molar-refractivity contribution >= 4 is 71.7 Å². The Hall–Kier alpha value is -5.80. The van der Waals surface area contributed by atoms with Gasteiger partial charge >= 0.3 is 0 Å². The van der Waals surface area contributed by atoms with Gasteiger partial charge in [-0.05, 0) is 64.5 Å². The molecule has 2 aromatic heterocycles. The van der Waals surface area contributed by atoms with Gasteiger partial charge < -0.3 is 13.7 Å². The third-order valence-electron chi connectivity index (χ3n) is 10.0. The number of anilines is 3. The molecular formula is C43H29NO2. The van der Waals surface area contributed by atoms with Crippen LogP contribution in [0.3, 0.4) is 0 Å². The summed E-state index contributed by atoms with van der Waals surface area (Å²) in [6.07, 6.45) is 0. The highest BCUT2D eigenvalue weighted by Crippen LogP contribution is 2.56. The van der Waals surface area contributed by atoms with Crippen molar-refractivity contribution in [3.63, 3.8) is 0 Å². The summed E-state index contributed by atoms with van der Waals surface area (Å²) in [5.74, 6) is 0. The summed E-state index contributed by atoms with van der Waals surface area (Å²) in [6, 6.07) is 49.8. The van der Waals surface area contributed by atoms with E-state index in [4.69, 9.17) is 8.83 Å². The SMILES string of the molecule is CC1(C)c2ccccc2-c2c(N(c3ccc4oc5ccccc5c4c3)c3c4ccccc4cc4c3oc3ccccc34)cccc21. The van der Waals surface area contributed by atoms with Crippen LogP contribution in [-0.4, -0.2) is 0 Å². The average molecular weight is 592 g/mol. The van der Waals surface area contributed by atoms with E-state index in [2.05, 4.69) is 140 Å². The zero-order valence-corrected chi connectivity index (χ0v) is 25.5. The third kappa shape index (κ3) is 3.37. The lowest BCUT2D eigenvalue weighted by Gasteiger charge is -2.30. The van der Waals surface area contributed by atoms with Crippen molar-refractivity contribution in [2.24, 2.45) is 0 Å². The van der Waals surface area contributed by atoms with Crippen molar-refractivity contribution in [2.75, 3.05) is 4.90 Å². The molecule has 0 unspecified atom stereocenters. The van der Waals surface area contributed by atoms with Crippen LogP contribution in [0.4, 0.5) is 17.1 Å². The Kier molecular flexibility index (Phi) is 5.06. The summed E-state index contributed by atoms with van der Waals surface area (Å²) in [5.41, 5.74) is 11.8. The molecule has 2 heterocycles. The smallest absolute Gasteiger partial charge is 0.160 e. The molecule has 0 radical (unpaired) electrons. The van der Waals surface area contributed by atoms with E-state index in [0.29, 0.717) is 0 Å². The average Bonchev–Trinajstić information content (AvgIpc) is 3.73. The lowest BCUT2D eigenvalue weighted by Crippen LogP contribution is -2.16. The largest absolute Gasteiger partial charge is 0.456 e. The number of nitrogens with zero attached hydrogens (tertiary/aromatic N) is 1. The molecule has 0 saturated carbocycles. The van der Waals surface area contributed by atoms with E-state index in [0.717, 1.165) is 66.3 Å². The molecule has 0 bridgehead atoms. The Morgan fingerprint density at radius 2 is 1.15 bits per heavy atom. The Balaban J connectivity index is 1.38. The molecule has 7 aromatic carbocycles. The van der Waals surface area contributed by atoms with Crippen molar-refractivity contribution < 1.29 is 8.83 Å². The first-order chi connectivity index (χ1) is 22.6. The van der Waals surface area contributed by atoms with Gasteiger partial charge in [0.1, 0.15) is 16.7 Å². The summed E-state index contributed by atoms with van der Waals surface area (Å²) in [7, 11) is 0. The Morgan fingerprint density at radius 3 is 2.00 bits per heavy atom. The lowest BCUT2D eigenvalue weighted by atomic mass is 9.82. The maximum atomic E-state index is 6.83. The minimum Gasteiger partial charge on any atom is -0.456 e. The van der Waals surface area contributed by atoms with E-state index in [1.807, 2.05) is 18.2 Å². The van der Waals surface area contributed by atoms with Crippen LogP contribution in [0.25, 0.3) is 65.8 Å². The van der Waals surface area contributed by atoms with Crippen molar-refractivity contribution in [3.8, 4) is 11.1 Å². The van der Waals surface area contributed by atoms with E-state index in [1.54, 1.807) is 0 Å². The van der Waals surface area contributed by atoms with Gasteiger partial charge in [-0.1, -0.05) is 111 Å². The molecule has 3 heteroatoms. The Labute approximate surface area is 265 Å². The minimum absolute atomic E-state index is 0.133. The van der Waals surface area contributed by atoms with Gasteiger partial charge in [0.05, 0.1) is 11.4 Å². The molecule has 0 spiro atoms. The molecule has 0 amide bonds. The maximum Gasteiger partial charge on any atom is 0.160 e. The third-order valence-corrected chi connectivity index (χ3v) is 10.0. The second-order valence-corrected chi connectivity index (χ2v) is 12.9. The van der Waals surface area contributed by atoms with E-state index in [1.165, 1.54) is 27.6 Å². The first-order valence-corrected chi connectivity index (χ1v) is 15.9. The molecule has 0 aliphatic heterocycles. The predicted octanol–water partition coefficient (Wildman–Crippen LogP) is 12.4. The lowest BCUT2D eigenvalue weighted by molar-refractivity contribution is 0.660. The fourth-order valence-corrected chi connectivity index (χ4v) is 7.89. The van der Waals surface area contributed by atoms with E-state index < -0.39 is 0 Å². The van der Waals surface area contributed by atoms with Crippen molar-refractivity contribution in [2.45, 2.75) is 19.3 Å². The van der Waals surface area contributed by atoms with Gasteiger partial charge in [-0.3, -0.25) is 0 Å². The molecule has 0 atom stereocenters. The summed E-state index contributed by atoms with van der Waals surface area (Å²) in [5, 5.41) is 6.73. The molecule has 1 aliphatic carbocycles. The summed E-state index contributed by atoms with van der Waals surface area (Å²) >= 11 is 0. The molecule has 9 aromatic rings. The van der Waals surface area contributed by atoms with Gasteiger partial charge in [-0.15, -0.1) is 0 Å². The maximum absolute atomic E-state index is 6.83. The van der Waals surface area contributed by atoms with Crippen molar-refractivity contribution in [1.29, 1.82) is 0 Å². The highest BCUT2D eigenvalue weighted by atomic mass is 16.3. The number of fused-ring (bicyclic) bond motifs is 10. The number of hydrogen-bond donors (Lipinski definition) is 0. The fraction of sp³-hybridized carbons (Fsp3) is 0.0698. The quantitative estimate of drug-likeness (QED) is 0.205. The number of benzene rings is 7. The normalized spacial score (nSPS) is 13.6. The van der Waals surface area contributed by atoms with Crippen LogP contribution in [0.5, 0.6) is 0 Å². The summed E-state index contributed by atoms with van der Waals surface area (Å²) in [4.78, 5) is 2.44. The molecular weight excluding hydrogens is 562 g/mol. The Morgan fingerprint density at radius 1 is 0.500 bits per heavy atom. The van der Waals surface area contributed by atoms with Gasteiger partial charge in [-0.25, -0.2) is 0 Å². The van der Waals surface area contributed by atoms with Gasteiger partial charge in [-0.2, -0.15) is 0 Å². The van der Waals surface area contributed by atoms with E-state index in [-0.39, 0.29) is 5.41 Å². The van der Waals surface area contributed by atoms with Gasteiger partial charge in [0, 0.05) is 43.6 Å². The first-order valence-electron chi connectivity index (χ1n) is 15.9. The topological polar surface area (TPSA) is 29.5 Å². The van der Waals surface area contributed by atoms with E-state index in [9.17, 15) is 0 Å². The standard InChI is InChI=1S/C43H29NO2/c1-43(2)34-17-8-5-16-31(34)40-35(43)18-11-19-36(40)44(27-22-23-39-32(25-27)29-14-6-9-20-37(29)45-39)41-28-13-4-3-12-26(28)24-33-30-15-7-10-21-38(30)46-42(33)41/h3-25H,1-2H3. The Bertz CT molecular complexity index is 2690. The zero-order valence-electron chi connectivity index (χ0n) is 25.5. The van der Waals surface area contributed by atoms with Crippen LogP contribution in [-0.2, 0) is 5.41 Å². The minimum atomic E-state index is -0.133. The fourth-order valence-electron chi connectivity index (χ4n) is 7.89. The van der Waals surface area contributed by atoms with Crippen LogP contribution in [0, 0.1) is 0 Å². The monoisotopic (exact) mass is 591 g/mol. The number of rotatable bonds is 3. The first kappa shape index (κ1) is 25.5. The number of hydrogen-bond acceptors (Lipinski definition) is 3. The highest BCUT2D eigenvalue weighted by Gasteiger charge is 2.38. The number of furan rings is 2. The molecule has 0 N–H and O–H groups in total. The molecule has 3 nitrogen and oxygen atoms in total. The predicted molar refractivity (Wildman–Crippen MR) is 191 cm³/mol. The van der Waals surface area contributed by atoms with Gasteiger partial charge in [0.25, 0.3) is 0 Å². The summed E-state index contributed by atoms with van der Waals surface area (Å²) in [6.45, 7) is 4.68. The molecule has 10 rings (SSSR count). The van der Waals surface area contributed by atoms with Crippen LogP contribution in [0.1, 0.15) is 25.0 Å². The molecule has 218 valence electrons. The highest BCUT2D eigenvalue weighted by molar-refractivity contribution is 6.20. The van der Waals surface area contributed by atoms with Crippen molar-refractivity contribution in [1.82, 2.24) is 0 Å². The molecule has 0 fully saturated rings. The van der Waals surface area contributed by atoms with Gasteiger partial charge in [0.15, 0.2) is 5.58 Å². The molecule has 46 heavy (non-hydrogen) atoms. The number of para-hydroxylation sites is 2. The van der Waals surface area contributed by atoms with Crippen molar-refractivity contribution in [3.05, 3.63) is 151 Å². The second-order valence-electron chi connectivity index (χ2n) is 12.9. The van der Waals surface area contributed by atoms with Gasteiger partial charge in [0.2, 0.25) is 0 Å². The van der Waals surface area contributed by atoms with E-state index >= 15 is 0 Å². The van der Waals surface area contributed by atoms with Crippen LogP contribution in [0.2, 0.25) is 0 Å². The van der Waals surface area contributed by atoms with Crippen LogP contribution >= 0.6 is 0 Å². The van der Waals surface area contributed by atoms with Crippen LogP contribution < -0.4 is 4.90 Å². The zero-order chi connectivity index (χ0) is 30.6. The second kappa shape index (κ2) is 9.12.